The first kappa shape index (κ1) is 12.2. The SMILES string of the molecule is CCn1c2ccc(CO)cc2c2cc(F)c(C)cc21. The predicted octanol–water partition coefficient (Wildman–Crippen LogP) is 3.75. The van der Waals surface area contributed by atoms with Crippen molar-refractivity contribution in [3.63, 3.8) is 0 Å². The summed E-state index contributed by atoms with van der Waals surface area (Å²) in [4.78, 5) is 0. The zero-order chi connectivity index (χ0) is 13.6. The third kappa shape index (κ3) is 1.73. The number of aromatic nitrogens is 1. The van der Waals surface area contributed by atoms with Crippen molar-refractivity contribution in [2.75, 3.05) is 0 Å². The van der Waals surface area contributed by atoms with Crippen LogP contribution in [0.3, 0.4) is 0 Å². The van der Waals surface area contributed by atoms with Crippen LogP contribution in [-0.2, 0) is 13.2 Å². The van der Waals surface area contributed by atoms with Crippen LogP contribution in [-0.4, -0.2) is 9.67 Å². The lowest BCUT2D eigenvalue weighted by Gasteiger charge is -2.04. The Kier molecular flexibility index (Phi) is 2.79. The first-order valence-electron chi connectivity index (χ1n) is 6.47. The van der Waals surface area contributed by atoms with Crippen LogP contribution in [0.5, 0.6) is 0 Å². The second-order valence-corrected chi connectivity index (χ2v) is 4.87. The molecule has 19 heavy (non-hydrogen) atoms. The molecule has 0 bridgehead atoms. The van der Waals surface area contributed by atoms with Gasteiger partial charge >= 0.3 is 0 Å². The third-order valence-electron chi connectivity index (χ3n) is 3.71. The van der Waals surface area contributed by atoms with E-state index >= 15 is 0 Å². The van der Waals surface area contributed by atoms with Gasteiger partial charge in [0.25, 0.3) is 0 Å². The zero-order valence-electron chi connectivity index (χ0n) is 11.1. The molecule has 0 saturated heterocycles. The maximum Gasteiger partial charge on any atom is 0.126 e. The van der Waals surface area contributed by atoms with Crippen LogP contribution < -0.4 is 0 Å². The number of benzene rings is 2. The van der Waals surface area contributed by atoms with E-state index in [0.29, 0.717) is 5.56 Å². The van der Waals surface area contributed by atoms with Crippen molar-refractivity contribution in [1.82, 2.24) is 4.57 Å². The molecule has 3 aromatic rings. The Balaban J connectivity index is 2.50. The normalized spacial score (nSPS) is 11.6. The van der Waals surface area contributed by atoms with Gasteiger partial charge in [-0.05, 0) is 49.2 Å². The Labute approximate surface area is 111 Å². The summed E-state index contributed by atoms with van der Waals surface area (Å²) in [5.74, 6) is -0.183. The molecule has 1 aromatic heterocycles. The number of aliphatic hydroxyl groups is 1. The van der Waals surface area contributed by atoms with E-state index in [1.807, 2.05) is 24.3 Å². The van der Waals surface area contributed by atoms with Gasteiger partial charge in [0.1, 0.15) is 5.82 Å². The minimum absolute atomic E-state index is 0.00306. The second-order valence-electron chi connectivity index (χ2n) is 4.87. The number of hydrogen-bond acceptors (Lipinski definition) is 1. The molecule has 0 aliphatic heterocycles. The number of halogens is 1. The molecule has 0 unspecified atom stereocenters. The van der Waals surface area contributed by atoms with Gasteiger partial charge in [-0.3, -0.25) is 0 Å². The number of rotatable bonds is 2. The molecule has 0 fully saturated rings. The van der Waals surface area contributed by atoms with Crippen molar-refractivity contribution >= 4 is 21.8 Å². The highest BCUT2D eigenvalue weighted by Crippen LogP contribution is 2.31. The van der Waals surface area contributed by atoms with E-state index in [4.69, 9.17) is 0 Å². The van der Waals surface area contributed by atoms with Crippen molar-refractivity contribution in [2.24, 2.45) is 0 Å². The van der Waals surface area contributed by atoms with Gasteiger partial charge in [0.05, 0.1) is 6.61 Å². The summed E-state index contributed by atoms with van der Waals surface area (Å²) in [6.07, 6.45) is 0. The largest absolute Gasteiger partial charge is 0.392 e. The fraction of sp³-hybridized carbons (Fsp3) is 0.250. The molecule has 1 N–H and O–H groups in total. The van der Waals surface area contributed by atoms with Crippen LogP contribution in [0.4, 0.5) is 4.39 Å². The highest BCUT2D eigenvalue weighted by Gasteiger charge is 2.12. The monoisotopic (exact) mass is 257 g/mol. The molecule has 0 saturated carbocycles. The molecule has 1 heterocycles. The van der Waals surface area contributed by atoms with E-state index in [2.05, 4.69) is 11.5 Å². The van der Waals surface area contributed by atoms with Crippen LogP contribution in [0.2, 0.25) is 0 Å². The highest BCUT2D eigenvalue weighted by molar-refractivity contribution is 6.08. The molecule has 0 spiro atoms. The number of hydrogen-bond donors (Lipinski definition) is 1. The van der Waals surface area contributed by atoms with Gasteiger partial charge < -0.3 is 9.67 Å². The van der Waals surface area contributed by atoms with Crippen molar-refractivity contribution in [3.05, 3.63) is 47.3 Å². The highest BCUT2D eigenvalue weighted by atomic mass is 19.1. The third-order valence-corrected chi connectivity index (χ3v) is 3.71. The van der Waals surface area contributed by atoms with Gasteiger partial charge in [0, 0.05) is 28.4 Å². The van der Waals surface area contributed by atoms with E-state index < -0.39 is 0 Å². The van der Waals surface area contributed by atoms with E-state index in [0.717, 1.165) is 33.9 Å². The number of aryl methyl sites for hydroxylation is 2. The minimum Gasteiger partial charge on any atom is -0.392 e. The molecule has 0 atom stereocenters. The summed E-state index contributed by atoms with van der Waals surface area (Å²) in [7, 11) is 0. The minimum atomic E-state index is -0.183. The van der Waals surface area contributed by atoms with Gasteiger partial charge in [0.2, 0.25) is 0 Å². The summed E-state index contributed by atoms with van der Waals surface area (Å²) in [5.41, 5.74) is 3.64. The van der Waals surface area contributed by atoms with Crippen LogP contribution in [0.1, 0.15) is 18.1 Å². The molecule has 2 aromatic carbocycles. The Hall–Kier alpha value is -1.87. The van der Waals surface area contributed by atoms with Crippen molar-refractivity contribution in [1.29, 1.82) is 0 Å². The van der Waals surface area contributed by atoms with Crippen molar-refractivity contribution in [3.8, 4) is 0 Å². The van der Waals surface area contributed by atoms with E-state index in [-0.39, 0.29) is 12.4 Å². The zero-order valence-corrected chi connectivity index (χ0v) is 11.1. The molecular weight excluding hydrogens is 241 g/mol. The summed E-state index contributed by atoms with van der Waals surface area (Å²) in [6.45, 7) is 4.70. The number of fused-ring (bicyclic) bond motifs is 3. The van der Waals surface area contributed by atoms with Crippen LogP contribution >= 0.6 is 0 Å². The molecule has 3 heteroatoms. The second kappa shape index (κ2) is 4.35. The Bertz CT molecular complexity index is 773. The molecule has 0 amide bonds. The van der Waals surface area contributed by atoms with Gasteiger partial charge in [-0.25, -0.2) is 4.39 Å². The Morgan fingerprint density at radius 1 is 1.11 bits per heavy atom. The lowest BCUT2D eigenvalue weighted by atomic mass is 10.1. The fourth-order valence-corrected chi connectivity index (χ4v) is 2.71. The van der Waals surface area contributed by atoms with Crippen molar-refractivity contribution < 1.29 is 9.50 Å². The molecule has 0 aliphatic rings. The van der Waals surface area contributed by atoms with E-state index in [9.17, 15) is 9.50 Å². The van der Waals surface area contributed by atoms with E-state index in [1.54, 1.807) is 13.0 Å². The molecule has 3 rings (SSSR count). The Morgan fingerprint density at radius 2 is 1.84 bits per heavy atom. The molecule has 0 radical (unpaired) electrons. The molecule has 0 aliphatic carbocycles. The number of nitrogens with zero attached hydrogens (tertiary/aromatic N) is 1. The quantitative estimate of drug-likeness (QED) is 0.743. The predicted molar refractivity (Wildman–Crippen MR) is 75.7 cm³/mol. The molecule has 98 valence electrons. The number of aliphatic hydroxyl groups excluding tert-OH is 1. The standard InChI is InChI=1S/C16H16FNO/c1-3-18-15-5-4-11(9-19)7-12(15)13-8-14(17)10(2)6-16(13)18/h4-8,19H,3,9H2,1-2H3. The summed E-state index contributed by atoms with van der Waals surface area (Å²) in [6, 6.07) is 9.35. The topological polar surface area (TPSA) is 25.2 Å². The van der Waals surface area contributed by atoms with Crippen LogP contribution in [0.15, 0.2) is 30.3 Å². The maximum atomic E-state index is 13.8. The molecular formula is C16H16FNO. The van der Waals surface area contributed by atoms with Crippen molar-refractivity contribution in [2.45, 2.75) is 27.0 Å². The average Bonchev–Trinajstić information content (AvgIpc) is 2.71. The first-order valence-corrected chi connectivity index (χ1v) is 6.47. The lowest BCUT2D eigenvalue weighted by Crippen LogP contribution is -1.94. The smallest absolute Gasteiger partial charge is 0.126 e. The van der Waals surface area contributed by atoms with Gasteiger partial charge in [0.15, 0.2) is 0 Å². The maximum absolute atomic E-state index is 13.8. The summed E-state index contributed by atoms with van der Waals surface area (Å²) < 4.78 is 16.0. The van der Waals surface area contributed by atoms with Crippen LogP contribution in [0, 0.1) is 12.7 Å². The summed E-state index contributed by atoms with van der Waals surface area (Å²) >= 11 is 0. The summed E-state index contributed by atoms with van der Waals surface area (Å²) in [5, 5.41) is 11.2. The Morgan fingerprint density at radius 3 is 2.53 bits per heavy atom. The van der Waals surface area contributed by atoms with Gasteiger partial charge in [-0.1, -0.05) is 6.07 Å². The lowest BCUT2D eigenvalue weighted by molar-refractivity contribution is 0.282. The fourth-order valence-electron chi connectivity index (χ4n) is 2.71. The van der Waals surface area contributed by atoms with Gasteiger partial charge in [-0.2, -0.15) is 0 Å². The van der Waals surface area contributed by atoms with E-state index in [1.165, 1.54) is 0 Å². The molecule has 2 nitrogen and oxygen atoms in total. The van der Waals surface area contributed by atoms with Crippen LogP contribution in [0.25, 0.3) is 21.8 Å². The average molecular weight is 257 g/mol. The first-order chi connectivity index (χ1) is 9.15. The van der Waals surface area contributed by atoms with Gasteiger partial charge in [-0.15, -0.1) is 0 Å².